The molecule has 9 nitrogen and oxygen atoms in total. The van der Waals surface area contributed by atoms with Crippen LogP contribution < -0.4 is 4.90 Å². The molecule has 0 saturated carbocycles. The van der Waals surface area contributed by atoms with Gasteiger partial charge in [-0.3, -0.25) is 9.69 Å². The van der Waals surface area contributed by atoms with Crippen molar-refractivity contribution in [3.63, 3.8) is 0 Å². The Kier molecular flexibility index (Phi) is 9.71. The number of nitrogens with zero attached hydrogens (tertiary/aromatic N) is 3. The molecule has 3 aromatic rings. The van der Waals surface area contributed by atoms with E-state index in [-0.39, 0.29) is 30.8 Å². The summed E-state index contributed by atoms with van der Waals surface area (Å²) in [5.74, 6) is -1.67. The summed E-state index contributed by atoms with van der Waals surface area (Å²) < 4.78 is 76.0. The van der Waals surface area contributed by atoms with Gasteiger partial charge in [-0.2, -0.15) is 4.31 Å². The molecule has 2 fully saturated rings. The number of anilines is 1. The standard InChI is InChI=1S/C29H31ClFN3O6S3/c1-42(36,37)28-23(21-5-3-2-4-6-21)8-9-24(27(28)31)33-13-11-25(29(33)35)34(15-14-32-16-18-40-19-17-32)43(38,39)20-12-22-7-10-26(30)41-22/h2-10,12,20,25H,11,13-19H2,1H3/b20-12+/t25-/m0/s1. The van der Waals surface area contributed by atoms with Crippen molar-refractivity contribution >= 4 is 60.5 Å². The smallest absolute Gasteiger partial charge is 0.245 e. The maximum atomic E-state index is 16.1. The van der Waals surface area contributed by atoms with Gasteiger partial charge in [0.05, 0.1) is 23.2 Å². The van der Waals surface area contributed by atoms with Crippen molar-refractivity contribution in [1.82, 2.24) is 9.21 Å². The van der Waals surface area contributed by atoms with Crippen LogP contribution in [0.4, 0.5) is 10.1 Å². The van der Waals surface area contributed by atoms with E-state index in [1.54, 1.807) is 42.5 Å². The van der Waals surface area contributed by atoms with E-state index in [1.165, 1.54) is 29.5 Å². The number of sulfonamides is 1. The molecule has 0 bridgehead atoms. The number of sulfone groups is 1. The average molecular weight is 668 g/mol. The lowest BCUT2D eigenvalue weighted by Gasteiger charge is -2.31. The van der Waals surface area contributed by atoms with Crippen LogP contribution in [0.5, 0.6) is 0 Å². The Hall–Kier alpha value is -2.65. The van der Waals surface area contributed by atoms with Crippen molar-refractivity contribution in [2.24, 2.45) is 0 Å². The highest BCUT2D eigenvalue weighted by atomic mass is 35.5. The first-order valence-corrected chi connectivity index (χ1v) is 18.2. The highest BCUT2D eigenvalue weighted by molar-refractivity contribution is 7.92. The Morgan fingerprint density at radius 3 is 2.42 bits per heavy atom. The predicted molar refractivity (Wildman–Crippen MR) is 167 cm³/mol. The molecular weight excluding hydrogens is 637 g/mol. The van der Waals surface area contributed by atoms with Crippen LogP contribution in [0, 0.1) is 5.82 Å². The molecule has 2 aromatic carbocycles. The van der Waals surface area contributed by atoms with Crippen molar-refractivity contribution in [2.75, 3.05) is 57.1 Å². The lowest BCUT2D eigenvalue weighted by molar-refractivity contribution is -0.120. The minimum atomic E-state index is -4.10. The number of thiophene rings is 1. The van der Waals surface area contributed by atoms with Gasteiger partial charge in [0.25, 0.3) is 0 Å². The largest absolute Gasteiger partial charge is 0.379 e. The fourth-order valence-electron chi connectivity index (χ4n) is 5.31. The molecule has 5 rings (SSSR count). The summed E-state index contributed by atoms with van der Waals surface area (Å²) in [5.41, 5.74) is 0.487. The van der Waals surface area contributed by atoms with Gasteiger partial charge in [0.2, 0.25) is 15.9 Å². The lowest BCUT2D eigenvalue weighted by atomic mass is 10.0. The molecule has 1 atom stereocenters. The first kappa shape index (κ1) is 31.8. The van der Waals surface area contributed by atoms with Gasteiger partial charge in [0.15, 0.2) is 15.7 Å². The maximum Gasteiger partial charge on any atom is 0.245 e. The third-order valence-corrected chi connectivity index (χ3v) is 11.3. The van der Waals surface area contributed by atoms with E-state index in [1.807, 2.05) is 0 Å². The van der Waals surface area contributed by atoms with Crippen LogP contribution >= 0.6 is 22.9 Å². The molecular formula is C29H31ClFN3O6S3. The number of rotatable bonds is 10. The average Bonchev–Trinajstić information content (AvgIpc) is 3.57. The van der Waals surface area contributed by atoms with Gasteiger partial charge in [-0.05, 0) is 36.3 Å². The van der Waals surface area contributed by atoms with Gasteiger partial charge in [-0.1, -0.05) is 48.0 Å². The fourth-order valence-corrected chi connectivity index (χ4v) is 8.73. The third-order valence-electron chi connectivity index (χ3n) is 7.41. The van der Waals surface area contributed by atoms with Crippen molar-refractivity contribution in [3.8, 4) is 11.1 Å². The number of hydrogen-bond acceptors (Lipinski definition) is 8. The van der Waals surface area contributed by atoms with Crippen LogP contribution in [-0.2, 0) is 29.4 Å². The molecule has 14 heteroatoms. The zero-order chi connectivity index (χ0) is 30.8. The van der Waals surface area contributed by atoms with Gasteiger partial charge < -0.3 is 9.64 Å². The Morgan fingerprint density at radius 2 is 1.77 bits per heavy atom. The highest BCUT2D eigenvalue weighted by Crippen LogP contribution is 2.37. The quantitative estimate of drug-likeness (QED) is 0.317. The number of amides is 1. The van der Waals surface area contributed by atoms with E-state index in [9.17, 15) is 21.6 Å². The number of hydrogen-bond donors (Lipinski definition) is 0. The van der Waals surface area contributed by atoms with E-state index >= 15 is 4.39 Å². The highest BCUT2D eigenvalue weighted by Gasteiger charge is 2.42. The van der Waals surface area contributed by atoms with Crippen LogP contribution in [0.25, 0.3) is 17.2 Å². The zero-order valence-electron chi connectivity index (χ0n) is 23.4. The second-order valence-corrected chi connectivity index (χ2v) is 15.7. The van der Waals surface area contributed by atoms with Crippen LogP contribution in [0.1, 0.15) is 11.3 Å². The normalized spacial score (nSPS) is 18.7. The molecule has 2 aliphatic rings. The summed E-state index contributed by atoms with van der Waals surface area (Å²) in [5, 5.41) is 1.06. The van der Waals surface area contributed by atoms with E-state index in [2.05, 4.69) is 4.90 Å². The molecule has 0 spiro atoms. The first-order valence-electron chi connectivity index (χ1n) is 13.6. The first-order chi connectivity index (χ1) is 20.5. The van der Waals surface area contributed by atoms with Gasteiger partial charge in [-0.15, -0.1) is 11.3 Å². The Bertz CT molecular complexity index is 1720. The van der Waals surface area contributed by atoms with E-state index in [0.29, 0.717) is 47.6 Å². The molecule has 43 heavy (non-hydrogen) atoms. The number of carbonyl (C=O) groups excluding carboxylic acids is 1. The second kappa shape index (κ2) is 13.1. The van der Waals surface area contributed by atoms with Gasteiger partial charge >= 0.3 is 0 Å². The van der Waals surface area contributed by atoms with Crippen LogP contribution in [0.15, 0.2) is 64.9 Å². The van der Waals surface area contributed by atoms with E-state index in [4.69, 9.17) is 16.3 Å². The molecule has 0 N–H and O–H groups in total. The van der Waals surface area contributed by atoms with Gasteiger partial charge in [0, 0.05) is 54.8 Å². The molecule has 1 aromatic heterocycles. The SMILES string of the molecule is CS(=O)(=O)c1c(-c2ccccc2)ccc(N2CC[C@H](N(CCN3CCOCC3)S(=O)(=O)/C=C/c3ccc(Cl)s3)C2=O)c1F. The van der Waals surface area contributed by atoms with Crippen molar-refractivity contribution in [1.29, 1.82) is 0 Å². The summed E-state index contributed by atoms with van der Waals surface area (Å²) >= 11 is 7.21. The van der Waals surface area contributed by atoms with Gasteiger partial charge in [0.1, 0.15) is 10.9 Å². The maximum absolute atomic E-state index is 16.1. The van der Waals surface area contributed by atoms with E-state index < -0.39 is 42.5 Å². The summed E-state index contributed by atoms with van der Waals surface area (Å²) in [6.07, 6.45) is 2.46. The number of halogens is 2. The minimum Gasteiger partial charge on any atom is -0.379 e. The molecule has 0 radical (unpaired) electrons. The second-order valence-electron chi connectivity index (χ2n) is 10.3. The number of carbonyl (C=O) groups is 1. The fraction of sp³-hybridized carbons (Fsp3) is 0.345. The molecule has 3 heterocycles. The van der Waals surface area contributed by atoms with Crippen LogP contribution in [-0.4, -0.2) is 90.2 Å². The third kappa shape index (κ3) is 7.19. The summed E-state index contributed by atoms with van der Waals surface area (Å²) in [6.45, 7) is 2.76. The van der Waals surface area contributed by atoms with Crippen molar-refractivity contribution < 1.29 is 30.8 Å². The van der Waals surface area contributed by atoms with Crippen LogP contribution in [0.2, 0.25) is 4.34 Å². The summed E-state index contributed by atoms with van der Waals surface area (Å²) in [6, 6.07) is 13.7. The minimum absolute atomic E-state index is 0.0160. The molecule has 1 amide bonds. The van der Waals surface area contributed by atoms with Crippen molar-refractivity contribution in [2.45, 2.75) is 17.4 Å². The Balaban J connectivity index is 1.47. The molecule has 2 saturated heterocycles. The topological polar surface area (TPSA) is 104 Å². The molecule has 0 unspecified atom stereocenters. The molecule has 2 aliphatic heterocycles. The zero-order valence-corrected chi connectivity index (χ0v) is 26.6. The Morgan fingerprint density at radius 1 is 1.05 bits per heavy atom. The van der Waals surface area contributed by atoms with E-state index in [0.717, 1.165) is 20.9 Å². The monoisotopic (exact) mass is 667 g/mol. The number of morpholine rings is 1. The summed E-state index contributed by atoms with van der Waals surface area (Å²) in [7, 11) is -8.14. The molecule has 0 aliphatic carbocycles. The predicted octanol–water partition coefficient (Wildman–Crippen LogP) is 4.35. The molecule has 230 valence electrons. The Labute approximate surface area is 260 Å². The van der Waals surface area contributed by atoms with Crippen molar-refractivity contribution in [3.05, 3.63) is 75.0 Å². The lowest BCUT2D eigenvalue weighted by Crippen LogP contribution is -2.49. The number of benzene rings is 2. The number of ether oxygens (including phenoxy) is 1. The van der Waals surface area contributed by atoms with Crippen LogP contribution in [0.3, 0.4) is 0 Å². The van der Waals surface area contributed by atoms with Gasteiger partial charge in [-0.25, -0.2) is 21.2 Å². The summed E-state index contributed by atoms with van der Waals surface area (Å²) in [4.78, 5) is 17.1.